The molecule has 0 spiro atoms. The maximum absolute atomic E-state index is 14.1. The zero-order valence-corrected chi connectivity index (χ0v) is 22.9. The number of hydrogen-bond donors (Lipinski definition) is 1. The molecule has 1 aliphatic heterocycles. The number of rotatable bonds is 9. The number of ether oxygens (including phenoxy) is 3. The molecule has 5 rings (SSSR count). The highest BCUT2D eigenvalue weighted by atomic mass is 79.9. The van der Waals surface area contributed by atoms with Crippen molar-refractivity contribution >= 4 is 33.4 Å². The van der Waals surface area contributed by atoms with Crippen molar-refractivity contribution in [3.8, 4) is 28.6 Å². The van der Waals surface area contributed by atoms with E-state index >= 15 is 0 Å². The van der Waals surface area contributed by atoms with Gasteiger partial charge in [-0.1, -0.05) is 60.8 Å². The summed E-state index contributed by atoms with van der Waals surface area (Å²) in [6.45, 7) is 6.43. The number of para-hydroxylation sites is 1. The molecular weight excluding hydrogens is 571 g/mol. The van der Waals surface area contributed by atoms with Gasteiger partial charge in [-0.3, -0.25) is 0 Å². The van der Waals surface area contributed by atoms with Gasteiger partial charge in [-0.05, 0) is 52.7 Å². The number of fused-ring (bicyclic) bond motifs is 3. The van der Waals surface area contributed by atoms with Crippen molar-refractivity contribution in [2.24, 2.45) is 0 Å². The molecule has 1 aliphatic rings. The minimum absolute atomic E-state index is 0.270. The summed E-state index contributed by atoms with van der Waals surface area (Å²) in [6.07, 6.45) is 1.05. The molecule has 194 valence electrons. The number of nitrogens with one attached hydrogen (secondary N) is 1. The standard InChI is InChI=1S/C28H24BrFN4O3S/c1-3-13-36-25-20(29)14-18(15-23(25)35-4-2)26-31-22-12-8-6-10-19(22)24-27(37-26)32-28(34-33-24)38-16-17-9-5-7-11-21(17)30/h3,5-12,14-15,26,31H,1,4,13,16H2,2H3/t26-/m1/s1. The van der Waals surface area contributed by atoms with Gasteiger partial charge in [0, 0.05) is 22.6 Å². The second-order valence-corrected chi connectivity index (χ2v) is 9.98. The Kier molecular flexibility index (Phi) is 8.09. The van der Waals surface area contributed by atoms with E-state index < -0.39 is 6.23 Å². The number of benzene rings is 3. The van der Waals surface area contributed by atoms with Gasteiger partial charge in [0.2, 0.25) is 11.0 Å². The fourth-order valence-electron chi connectivity index (χ4n) is 3.90. The highest BCUT2D eigenvalue weighted by molar-refractivity contribution is 9.10. The van der Waals surface area contributed by atoms with Crippen LogP contribution < -0.4 is 19.5 Å². The van der Waals surface area contributed by atoms with Crippen LogP contribution in [0, 0.1) is 5.82 Å². The SMILES string of the molecule is C=CCOc1c(Br)cc([C@@H]2Nc3ccccc3-c3nnc(SCc4ccccc4F)nc3O2)cc1OCC. The van der Waals surface area contributed by atoms with Gasteiger partial charge in [0.05, 0.1) is 11.1 Å². The van der Waals surface area contributed by atoms with Crippen molar-refractivity contribution in [1.29, 1.82) is 0 Å². The normalized spacial score (nSPS) is 13.8. The first-order chi connectivity index (χ1) is 18.6. The Morgan fingerprint density at radius 2 is 1.95 bits per heavy atom. The fraction of sp³-hybridized carbons (Fsp3) is 0.179. The van der Waals surface area contributed by atoms with Crippen molar-refractivity contribution in [1.82, 2.24) is 15.2 Å². The highest BCUT2D eigenvalue weighted by Gasteiger charge is 2.27. The van der Waals surface area contributed by atoms with E-state index in [0.717, 1.165) is 16.8 Å². The Bertz CT molecular complexity index is 1470. The van der Waals surface area contributed by atoms with Gasteiger partial charge in [0.25, 0.3) is 0 Å². The van der Waals surface area contributed by atoms with Gasteiger partial charge in [0.15, 0.2) is 23.4 Å². The van der Waals surface area contributed by atoms with E-state index in [2.05, 4.69) is 43.0 Å². The molecule has 0 unspecified atom stereocenters. The Morgan fingerprint density at radius 3 is 2.76 bits per heavy atom. The highest BCUT2D eigenvalue weighted by Crippen LogP contribution is 2.43. The van der Waals surface area contributed by atoms with Crippen molar-refractivity contribution in [3.05, 3.63) is 94.7 Å². The fourth-order valence-corrected chi connectivity index (χ4v) is 5.24. The van der Waals surface area contributed by atoms with Gasteiger partial charge in [0.1, 0.15) is 12.4 Å². The van der Waals surface area contributed by atoms with Crippen molar-refractivity contribution in [3.63, 3.8) is 0 Å². The minimum atomic E-state index is -0.623. The summed E-state index contributed by atoms with van der Waals surface area (Å²) in [6, 6.07) is 18.2. The molecule has 0 radical (unpaired) electrons. The van der Waals surface area contributed by atoms with E-state index in [9.17, 15) is 4.39 Å². The Balaban J connectivity index is 1.51. The quantitative estimate of drug-likeness (QED) is 0.161. The van der Waals surface area contributed by atoms with E-state index in [1.807, 2.05) is 43.3 Å². The lowest BCUT2D eigenvalue weighted by molar-refractivity contribution is 0.223. The molecule has 0 fully saturated rings. The molecule has 38 heavy (non-hydrogen) atoms. The largest absolute Gasteiger partial charge is 0.490 e. The van der Waals surface area contributed by atoms with Crippen molar-refractivity contribution in [2.75, 3.05) is 18.5 Å². The van der Waals surface area contributed by atoms with Crippen LogP contribution in [0.3, 0.4) is 0 Å². The topological polar surface area (TPSA) is 78.4 Å². The van der Waals surface area contributed by atoms with Crippen LogP contribution in [-0.2, 0) is 5.75 Å². The number of aromatic nitrogens is 3. The predicted molar refractivity (Wildman–Crippen MR) is 149 cm³/mol. The van der Waals surface area contributed by atoms with E-state index in [0.29, 0.717) is 57.2 Å². The molecule has 10 heteroatoms. The molecule has 1 aromatic heterocycles. The lowest BCUT2D eigenvalue weighted by atomic mass is 10.1. The molecule has 0 saturated carbocycles. The first-order valence-electron chi connectivity index (χ1n) is 11.9. The van der Waals surface area contributed by atoms with Crippen LogP contribution in [0.4, 0.5) is 10.1 Å². The second-order valence-electron chi connectivity index (χ2n) is 8.18. The lowest BCUT2D eigenvalue weighted by Gasteiger charge is -2.22. The summed E-state index contributed by atoms with van der Waals surface area (Å²) in [5.41, 5.74) is 3.49. The molecule has 0 aliphatic carbocycles. The molecule has 0 saturated heterocycles. The van der Waals surface area contributed by atoms with Crippen LogP contribution in [0.1, 0.15) is 24.3 Å². The summed E-state index contributed by atoms with van der Waals surface area (Å²) in [5.74, 6) is 1.57. The van der Waals surface area contributed by atoms with Crippen LogP contribution in [0.15, 0.2) is 82.9 Å². The van der Waals surface area contributed by atoms with Crippen LogP contribution in [0.25, 0.3) is 11.3 Å². The number of anilines is 1. The maximum Gasteiger partial charge on any atom is 0.247 e. The third kappa shape index (κ3) is 5.61. The third-order valence-corrected chi connectivity index (χ3v) is 7.10. The van der Waals surface area contributed by atoms with Crippen LogP contribution in [0.2, 0.25) is 0 Å². The molecule has 2 heterocycles. The van der Waals surface area contributed by atoms with Gasteiger partial charge in [-0.15, -0.1) is 10.2 Å². The smallest absolute Gasteiger partial charge is 0.247 e. The molecule has 0 bridgehead atoms. The average molecular weight is 595 g/mol. The molecular formula is C28H24BrFN4O3S. The van der Waals surface area contributed by atoms with E-state index in [1.54, 1.807) is 24.3 Å². The Hall–Kier alpha value is -3.63. The number of hydrogen-bond acceptors (Lipinski definition) is 8. The predicted octanol–water partition coefficient (Wildman–Crippen LogP) is 7.20. The van der Waals surface area contributed by atoms with Gasteiger partial charge < -0.3 is 19.5 Å². The lowest BCUT2D eigenvalue weighted by Crippen LogP contribution is -2.17. The van der Waals surface area contributed by atoms with Gasteiger partial charge in [-0.2, -0.15) is 4.98 Å². The van der Waals surface area contributed by atoms with Gasteiger partial charge >= 0.3 is 0 Å². The molecule has 0 amide bonds. The summed E-state index contributed by atoms with van der Waals surface area (Å²) in [7, 11) is 0. The van der Waals surface area contributed by atoms with Crippen LogP contribution in [0.5, 0.6) is 17.4 Å². The molecule has 1 N–H and O–H groups in total. The zero-order chi connectivity index (χ0) is 26.5. The Labute approximate surface area is 232 Å². The summed E-state index contributed by atoms with van der Waals surface area (Å²) < 4.78 is 32.9. The van der Waals surface area contributed by atoms with E-state index in [4.69, 9.17) is 14.2 Å². The molecule has 7 nitrogen and oxygen atoms in total. The summed E-state index contributed by atoms with van der Waals surface area (Å²) in [4.78, 5) is 4.66. The van der Waals surface area contributed by atoms with Crippen molar-refractivity contribution < 1.29 is 18.6 Å². The molecule has 1 atom stereocenters. The maximum atomic E-state index is 14.1. The Morgan fingerprint density at radius 1 is 1.13 bits per heavy atom. The minimum Gasteiger partial charge on any atom is -0.490 e. The summed E-state index contributed by atoms with van der Waals surface area (Å²) >= 11 is 4.90. The second kappa shape index (κ2) is 11.8. The monoisotopic (exact) mass is 594 g/mol. The zero-order valence-electron chi connectivity index (χ0n) is 20.5. The first-order valence-corrected chi connectivity index (χ1v) is 13.7. The average Bonchev–Trinajstić information content (AvgIpc) is 3.09. The van der Waals surface area contributed by atoms with E-state index in [-0.39, 0.29) is 5.82 Å². The first kappa shape index (κ1) is 26.0. The molecule has 3 aromatic carbocycles. The van der Waals surface area contributed by atoms with Crippen molar-refractivity contribution in [2.45, 2.75) is 24.1 Å². The third-order valence-electron chi connectivity index (χ3n) is 5.63. The van der Waals surface area contributed by atoms with Crippen LogP contribution >= 0.6 is 27.7 Å². The number of thioether (sulfide) groups is 1. The molecule has 4 aromatic rings. The number of nitrogens with zero attached hydrogens (tertiary/aromatic N) is 3. The van der Waals surface area contributed by atoms with E-state index in [1.165, 1.54) is 17.8 Å². The summed E-state index contributed by atoms with van der Waals surface area (Å²) in [5, 5.41) is 12.6. The van der Waals surface area contributed by atoms with Crippen LogP contribution in [-0.4, -0.2) is 28.4 Å². The van der Waals surface area contributed by atoms with Gasteiger partial charge in [-0.25, -0.2) is 4.39 Å². The number of halogens is 2.